The predicted octanol–water partition coefficient (Wildman–Crippen LogP) is 3.97. The van der Waals surface area contributed by atoms with E-state index in [0.29, 0.717) is 30.0 Å². The number of hydrogen-bond donors (Lipinski definition) is 1. The zero-order valence-electron chi connectivity index (χ0n) is 15.8. The maximum Gasteiger partial charge on any atom is 0.137 e. The van der Waals surface area contributed by atoms with Gasteiger partial charge in [-0.2, -0.15) is 5.26 Å². The van der Waals surface area contributed by atoms with Crippen molar-refractivity contribution in [3.8, 4) is 11.8 Å². The third-order valence-corrected chi connectivity index (χ3v) is 6.25. The van der Waals surface area contributed by atoms with Gasteiger partial charge in [0.2, 0.25) is 0 Å². The number of aliphatic hydroxyl groups is 1. The van der Waals surface area contributed by atoms with E-state index in [9.17, 15) is 10.4 Å². The van der Waals surface area contributed by atoms with Gasteiger partial charge in [-0.3, -0.25) is 0 Å². The van der Waals surface area contributed by atoms with Crippen LogP contribution in [0, 0.1) is 11.3 Å². The SMILES string of the molecule is CN1C2CCCC1CC(O)(c1ccc(C#N)c(OCc3ccccc3)c1)C2. The van der Waals surface area contributed by atoms with Crippen LogP contribution in [0.3, 0.4) is 0 Å². The van der Waals surface area contributed by atoms with E-state index in [1.165, 1.54) is 6.42 Å². The first kappa shape index (κ1) is 18.0. The first-order valence-corrected chi connectivity index (χ1v) is 9.75. The van der Waals surface area contributed by atoms with Gasteiger partial charge in [-0.05, 0) is 56.0 Å². The number of fused-ring (bicyclic) bond motifs is 2. The van der Waals surface area contributed by atoms with Crippen LogP contribution in [0.2, 0.25) is 0 Å². The second-order valence-corrected chi connectivity index (χ2v) is 7.94. The quantitative estimate of drug-likeness (QED) is 0.894. The zero-order valence-corrected chi connectivity index (χ0v) is 15.8. The molecule has 4 rings (SSSR count). The Morgan fingerprint density at radius 3 is 2.52 bits per heavy atom. The highest BCUT2D eigenvalue weighted by Gasteiger charge is 2.45. The van der Waals surface area contributed by atoms with E-state index in [1.54, 1.807) is 6.07 Å². The van der Waals surface area contributed by atoms with Crippen LogP contribution < -0.4 is 4.74 Å². The average molecular weight is 362 g/mol. The molecule has 2 bridgehead atoms. The van der Waals surface area contributed by atoms with Gasteiger partial charge in [-0.15, -0.1) is 0 Å². The molecule has 2 fully saturated rings. The number of hydrogen-bond acceptors (Lipinski definition) is 4. The molecule has 2 unspecified atom stereocenters. The lowest BCUT2D eigenvalue weighted by atomic mass is 9.72. The van der Waals surface area contributed by atoms with Crippen molar-refractivity contribution in [1.82, 2.24) is 4.90 Å². The Kier molecular flexibility index (Phi) is 4.90. The Balaban J connectivity index is 1.59. The maximum absolute atomic E-state index is 11.5. The molecule has 4 nitrogen and oxygen atoms in total. The third kappa shape index (κ3) is 3.58. The van der Waals surface area contributed by atoms with Crippen LogP contribution in [-0.4, -0.2) is 29.1 Å². The van der Waals surface area contributed by atoms with Crippen molar-refractivity contribution in [1.29, 1.82) is 5.26 Å². The van der Waals surface area contributed by atoms with E-state index in [-0.39, 0.29) is 0 Å². The first-order valence-electron chi connectivity index (χ1n) is 9.75. The topological polar surface area (TPSA) is 56.5 Å². The number of benzene rings is 2. The smallest absolute Gasteiger partial charge is 0.137 e. The second kappa shape index (κ2) is 7.34. The minimum absolute atomic E-state index is 0.408. The van der Waals surface area contributed by atoms with E-state index < -0.39 is 5.60 Å². The largest absolute Gasteiger partial charge is 0.488 e. The summed E-state index contributed by atoms with van der Waals surface area (Å²) < 4.78 is 5.96. The monoisotopic (exact) mass is 362 g/mol. The molecule has 0 amide bonds. The van der Waals surface area contributed by atoms with Gasteiger partial charge < -0.3 is 14.7 Å². The zero-order chi connectivity index (χ0) is 18.9. The van der Waals surface area contributed by atoms with Crippen LogP contribution in [0.1, 0.15) is 48.8 Å². The van der Waals surface area contributed by atoms with Crippen molar-refractivity contribution in [2.75, 3.05) is 7.05 Å². The number of rotatable bonds is 4. The van der Waals surface area contributed by atoms with Gasteiger partial charge >= 0.3 is 0 Å². The third-order valence-electron chi connectivity index (χ3n) is 6.25. The number of ether oxygens (including phenoxy) is 1. The standard InChI is InChI=1S/C23H26N2O2/c1-25-20-8-5-9-21(25)14-23(26,13-20)19-11-10-18(15-24)22(12-19)27-16-17-6-3-2-4-7-17/h2-4,6-7,10-12,20-21,26H,5,8-9,13-14,16H2,1H3. The molecule has 2 atom stereocenters. The van der Waals surface area contributed by atoms with Crippen LogP contribution in [0.15, 0.2) is 48.5 Å². The first-order chi connectivity index (χ1) is 13.1. The molecule has 0 radical (unpaired) electrons. The van der Waals surface area contributed by atoms with E-state index in [4.69, 9.17) is 4.74 Å². The summed E-state index contributed by atoms with van der Waals surface area (Å²) in [5.41, 5.74) is 1.58. The fourth-order valence-electron chi connectivity index (χ4n) is 4.64. The maximum atomic E-state index is 11.5. The Labute approximate surface area is 161 Å². The van der Waals surface area contributed by atoms with Gasteiger partial charge in [0.15, 0.2) is 0 Å². The van der Waals surface area contributed by atoms with Gasteiger partial charge in [0.05, 0.1) is 11.2 Å². The van der Waals surface area contributed by atoms with E-state index in [1.807, 2.05) is 42.5 Å². The van der Waals surface area contributed by atoms with E-state index in [0.717, 1.165) is 36.8 Å². The Hall–Kier alpha value is -2.35. The van der Waals surface area contributed by atoms with Gasteiger partial charge in [-0.1, -0.05) is 42.8 Å². The van der Waals surface area contributed by atoms with Crippen LogP contribution >= 0.6 is 0 Å². The molecule has 2 saturated heterocycles. The van der Waals surface area contributed by atoms with Crippen molar-refractivity contribution < 1.29 is 9.84 Å². The number of piperidine rings is 2. The van der Waals surface area contributed by atoms with Gasteiger partial charge in [0.25, 0.3) is 0 Å². The molecule has 2 heterocycles. The summed E-state index contributed by atoms with van der Waals surface area (Å²) in [6, 6.07) is 18.5. The van der Waals surface area contributed by atoms with Gasteiger partial charge in [0, 0.05) is 12.1 Å². The molecule has 140 valence electrons. The molecule has 1 N–H and O–H groups in total. The normalized spacial score (nSPS) is 27.7. The van der Waals surface area contributed by atoms with Crippen molar-refractivity contribution in [3.63, 3.8) is 0 Å². The summed E-state index contributed by atoms with van der Waals surface area (Å²) in [6.45, 7) is 0.408. The Morgan fingerprint density at radius 1 is 1.15 bits per heavy atom. The van der Waals surface area contributed by atoms with E-state index >= 15 is 0 Å². The molecule has 4 heteroatoms. The number of nitriles is 1. The van der Waals surface area contributed by atoms with Crippen LogP contribution in [0.4, 0.5) is 0 Å². The highest BCUT2D eigenvalue weighted by Crippen LogP contribution is 2.44. The fraction of sp³-hybridized carbons (Fsp3) is 0.435. The lowest BCUT2D eigenvalue weighted by Gasteiger charge is -2.50. The van der Waals surface area contributed by atoms with Crippen LogP contribution in [-0.2, 0) is 12.2 Å². The van der Waals surface area contributed by atoms with Crippen LogP contribution in [0.25, 0.3) is 0 Å². The second-order valence-electron chi connectivity index (χ2n) is 7.94. The molecule has 2 aliphatic heterocycles. The Bertz CT molecular complexity index is 829. The fourth-order valence-corrected chi connectivity index (χ4v) is 4.64. The Morgan fingerprint density at radius 2 is 1.85 bits per heavy atom. The minimum Gasteiger partial charge on any atom is -0.488 e. The molecule has 2 aliphatic rings. The van der Waals surface area contributed by atoms with Crippen LogP contribution in [0.5, 0.6) is 5.75 Å². The summed E-state index contributed by atoms with van der Waals surface area (Å²) in [6.07, 6.45) is 5.01. The highest BCUT2D eigenvalue weighted by atomic mass is 16.5. The average Bonchev–Trinajstić information content (AvgIpc) is 2.68. The summed E-state index contributed by atoms with van der Waals surface area (Å²) >= 11 is 0. The molecule has 2 aromatic carbocycles. The lowest BCUT2D eigenvalue weighted by Crippen LogP contribution is -2.55. The highest BCUT2D eigenvalue weighted by molar-refractivity contribution is 5.47. The summed E-state index contributed by atoms with van der Waals surface area (Å²) in [5, 5.41) is 20.9. The summed E-state index contributed by atoms with van der Waals surface area (Å²) in [5.74, 6) is 0.552. The molecule has 27 heavy (non-hydrogen) atoms. The van der Waals surface area contributed by atoms with Crippen molar-refractivity contribution >= 4 is 0 Å². The van der Waals surface area contributed by atoms with Crippen molar-refractivity contribution in [3.05, 3.63) is 65.2 Å². The van der Waals surface area contributed by atoms with Crippen molar-refractivity contribution in [2.24, 2.45) is 0 Å². The molecule has 2 aromatic rings. The van der Waals surface area contributed by atoms with Crippen molar-refractivity contribution in [2.45, 2.75) is 56.4 Å². The molecule has 0 aromatic heterocycles. The number of nitrogens with zero attached hydrogens (tertiary/aromatic N) is 2. The molecular formula is C23H26N2O2. The summed E-state index contributed by atoms with van der Waals surface area (Å²) in [7, 11) is 2.18. The lowest BCUT2D eigenvalue weighted by molar-refractivity contribution is -0.0875. The predicted molar refractivity (Wildman–Crippen MR) is 104 cm³/mol. The minimum atomic E-state index is -0.846. The van der Waals surface area contributed by atoms with E-state index in [2.05, 4.69) is 18.0 Å². The molecule has 0 saturated carbocycles. The molecule has 0 aliphatic carbocycles. The van der Waals surface area contributed by atoms with Gasteiger partial charge in [-0.25, -0.2) is 0 Å². The molecule has 0 spiro atoms. The summed E-state index contributed by atoms with van der Waals surface area (Å²) in [4.78, 5) is 2.44. The van der Waals surface area contributed by atoms with Gasteiger partial charge in [0.1, 0.15) is 18.4 Å². The molecular weight excluding hydrogens is 336 g/mol.